The van der Waals surface area contributed by atoms with Gasteiger partial charge in [0.1, 0.15) is 5.75 Å². The first-order chi connectivity index (χ1) is 11.2. The van der Waals surface area contributed by atoms with Gasteiger partial charge in [0.15, 0.2) is 0 Å². The van der Waals surface area contributed by atoms with Crippen LogP contribution in [0.25, 0.3) is 0 Å². The van der Waals surface area contributed by atoms with Gasteiger partial charge in [0, 0.05) is 5.54 Å². The third-order valence-corrected chi connectivity index (χ3v) is 3.12. The molecule has 134 valence electrons. The Bertz CT molecular complexity index is 535. The lowest BCUT2D eigenvalue weighted by atomic mass is 10.1. The lowest BCUT2D eigenvalue weighted by molar-refractivity contribution is -0.121. The van der Waals surface area contributed by atoms with Crippen LogP contribution >= 0.6 is 0 Å². The molecule has 3 amide bonds. The molecule has 24 heavy (non-hydrogen) atoms. The van der Waals surface area contributed by atoms with Gasteiger partial charge in [-0.05, 0) is 51.8 Å². The standard InChI is InChI=1S/C18H29N3O3/c1-6-11-24-15-9-7-14(8-10-15)13(2)20-17(23)19-12-16(22)21-18(3,4)5/h7-10,13H,6,11-12H2,1-5H3,(H,21,22)(H2,19,20,23)/t13-/m0/s1. The van der Waals surface area contributed by atoms with Gasteiger partial charge in [-0.1, -0.05) is 19.1 Å². The molecule has 0 saturated carbocycles. The van der Waals surface area contributed by atoms with E-state index in [0.717, 1.165) is 17.7 Å². The lowest BCUT2D eigenvalue weighted by Crippen LogP contribution is -2.47. The number of benzene rings is 1. The smallest absolute Gasteiger partial charge is 0.315 e. The number of nitrogens with one attached hydrogen (secondary N) is 3. The molecular weight excluding hydrogens is 306 g/mol. The van der Waals surface area contributed by atoms with Crippen LogP contribution in [0.4, 0.5) is 4.79 Å². The molecule has 6 heteroatoms. The SMILES string of the molecule is CCCOc1ccc([C@H](C)NC(=O)NCC(=O)NC(C)(C)C)cc1. The van der Waals surface area contributed by atoms with Crippen LogP contribution in [0.1, 0.15) is 52.6 Å². The van der Waals surface area contributed by atoms with Crippen molar-refractivity contribution in [3.05, 3.63) is 29.8 Å². The molecule has 1 aromatic rings. The molecule has 3 N–H and O–H groups in total. The van der Waals surface area contributed by atoms with Crippen molar-refractivity contribution in [1.29, 1.82) is 0 Å². The first kappa shape index (κ1) is 19.8. The summed E-state index contributed by atoms with van der Waals surface area (Å²) in [7, 11) is 0. The van der Waals surface area contributed by atoms with E-state index in [1.165, 1.54) is 0 Å². The van der Waals surface area contributed by atoms with Gasteiger partial charge < -0.3 is 20.7 Å². The molecule has 0 aliphatic heterocycles. The minimum absolute atomic E-state index is 0.0559. The molecule has 0 aromatic heterocycles. The zero-order chi connectivity index (χ0) is 18.2. The normalized spacial score (nSPS) is 12.2. The second kappa shape index (κ2) is 9.15. The van der Waals surface area contributed by atoms with Gasteiger partial charge in [-0.25, -0.2) is 4.79 Å². The molecular formula is C18H29N3O3. The van der Waals surface area contributed by atoms with E-state index < -0.39 is 0 Å². The van der Waals surface area contributed by atoms with Gasteiger partial charge >= 0.3 is 6.03 Å². The minimum Gasteiger partial charge on any atom is -0.494 e. The van der Waals surface area contributed by atoms with Crippen LogP contribution in [-0.2, 0) is 4.79 Å². The zero-order valence-corrected chi connectivity index (χ0v) is 15.2. The highest BCUT2D eigenvalue weighted by Crippen LogP contribution is 2.17. The molecule has 6 nitrogen and oxygen atoms in total. The van der Waals surface area contributed by atoms with Crippen LogP contribution in [0.5, 0.6) is 5.75 Å². The Morgan fingerprint density at radius 2 is 1.79 bits per heavy atom. The Hall–Kier alpha value is -2.24. The van der Waals surface area contributed by atoms with E-state index in [4.69, 9.17) is 4.74 Å². The lowest BCUT2D eigenvalue weighted by Gasteiger charge is -2.21. The van der Waals surface area contributed by atoms with Crippen LogP contribution in [-0.4, -0.2) is 30.6 Å². The number of ether oxygens (including phenoxy) is 1. The number of amides is 3. The molecule has 0 fully saturated rings. The number of carbonyl (C=O) groups excluding carboxylic acids is 2. The number of rotatable bonds is 7. The quantitative estimate of drug-likeness (QED) is 0.717. The van der Waals surface area contributed by atoms with E-state index in [0.29, 0.717) is 6.61 Å². The Morgan fingerprint density at radius 1 is 1.17 bits per heavy atom. The Labute approximate surface area is 144 Å². The zero-order valence-electron chi connectivity index (χ0n) is 15.2. The third-order valence-electron chi connectivity index (χ3n) is 3.12. The van der Waals surface area contributed by atoms with Crippen LogP contribution in [0, 0.1) is 0 Å². The Morgan fingerprint density at radius 3 is 2.33 bits per heavy atom. The predicted molar refractivity (Wildman–Crippen MR) is 95.1 cm³/mol. The average molecular weight is 335 g/mol. The molecule has 0 bridgehead atoms. The van der Waals surface area contributed by atoms with Crippen molar-refractivity contribution in [2.75, 3.05) is 13.2 Å². The van der Waals surface area contributed by atoms with Gasteiger partial charge in [-0.15, -0.1) is 0 Å². The Balaban J connectivity index is 2.42. The summed E-state index contributed by atoms with van der Waals surface area (Å²) in [5.74, 6) is 0.596. The fraction of sp³-hybridized carbons (Fsp3) is 0.556. The number of carbonyl (C=O) groups is 2. The van der Waals surface area contributed by atoms with Crippen molar-refractivity contribution in [3.63, 3.8) is 0 Å². The average Bonchev–Trinajstić information content (AvgIpc) is 2.49. The third kappa shape index (κ3) is 7.85. The highest BCUT2D eigenvalue weighted by atomic mass is 16.5. The summed E-state index contributed by atoms with van der Waals surface area (Å²) in [6.07, 6.45) is 0.961. The summed E-state index contributed by atoms with van der Waals surface area (Å²) in [6, 6.07) is 7.06. The summed E-state index contributed by atoms with van der Waals surface area (Å²) in [6.45, 7) is 10.2. The highest BCUT2D eigenvalue weighted by Gasteiger charge is 2.15. The Kier molecular flexibility index (Phi) is 7.55. The van der Waals surface area contributed by atoms with Gasteiger partial charge in [0.2, 0.25) is 5.91 Å². The maximum atomic E-state index is 11.9. The van der Waals surface area contributed by atoms with Crippen LogP contribution in [0.3, 0.4) is 0 Å². The summed E-state index contributed by atoms with van der Waals surface area (Å²) < 4.78 is 5.53. The van der Waals surface area contributed by atoms with Crippen molar-refractivity contribution >= 4 is 11.9 Å². The van der Waals surface area contributed by atoms with Crippen molar-refractivity contribution in [1.82, 2.24) is 16.0 Å². The molecule has 0 aliphatic carbocycles. The second-order valence-electron chi connectivity index (χ2n) is 6.76. The molecule has 0 radical (unpaired) electrons. The molecule has 0 aliphatic rings. The summed E-state index contributed by atoms with van der Waals surface area (Å²) in [5, 5.41) is 8.15. The molecule has 0 unspecified atom stereocenters. The molecule has 1 aromatic carbocycles. The fourth-order valence-corrected chi connectivity index (χ4v) is 2.03. The van der Waals surface area contributed by atoms with E-state index in [1.54, 1.807) is 0 Å². The maximum absolute atomic E-state index is 11.9. The minimum atomic E-state index is -0.377. The van der Waals surface area contributed by atoms with E-state index >= 15 is 0 Å². The van der Waals surface area contributed by atoms with E-state index in [2.05, 4.69) is 22.9 Å². The van der Waals surface area contributed by atoms with Gasteiger partial charge in [0.25, 0.3) is 0 Å². The van der Waals surface area contributed by atoms with Crippen molar-refractivity contribution in [2.45, 2.75) is 52.6 Å². The second-order valence-corrected chi connectivity index (χ2v) is 6.76. The van der Waals surface area contributed by atoms with Crippen molar-refractivity contribution in [2.24, 2.45) is 0 Å². The first-order valence-electron chi connectivity index (χ1n) is 8.29. The van der Waals surface area contributed by atoms with Gasteiger partial charge in [0.05, 0.1) is 19.2 Å². The van der Waals surface area contributed by atoms with Crippen molar-refractivity contribution in [3.8, 4) is 5.75 Å². The number of hydrogen-bond donors (Lipinski definition) is 3. The fourth-order valence-electron chi connectivity index (χ4n) is 2.03. The summed E-state index contributed by atoms with van der Waals surface area (Å²) >= 11 is 0. The van der Waals surface area contributed by atoms with E-state index in [1.807, 2.05) is 52.0 Å². The number of hydrogen-bond acceptors (Lipinski definition) is 3. The topological polar surface area (TPSA) is 79.5 Å². The molecule has 0 spiro atoms. The predicted octanol–water partition coefficient (Wildman–Crippen LogP) is 2.75. The number of urea groups is 1. The van der Waals surface area contributed by atoms with Crippen LogP contribution < -0.4 is 20.7 Å². The van der Waals surface area contributed by atoms with Crippen molar-refractivity contribution < 1.29 is 14.3 Å². The summed E-state index contributed by atoms with van der Waals surface area (Å²) in [4.78, 5) is 23.6. The van der Waals surface area contributed by atoms with Crippen LogP contribution in [0.15, 0.2) is 24.3 Å². The van der Waals surface area contributed by atoms with Crippen LogP contribution in [0.2, 0.25) is 0 Å². The monoisotopic (exact) mass is 335 g/mol. The largest absolute Gasteiger partial charge is 0.494 e. The van der Waals surface area contributed by atoms with Gasteiger partial charge in [-0.3, -0.25) is 4.79 Å². The molecule has 0 heterocycles. The molecule has 1 rings (SSSR count). The highest BCUT2D eigenvalue weighted by molar-refractivity contribution is 5.84. The molecule has 1 atom stereocenters. The summed E-state index contributed by atoms with van der Waals surface area (Å²) in [5.41, 5.74) is 0.651. The first-order valence-corrected chi connectivity index (χ1v) is 8.29. The van der Waals surface area contributed by atoms with E-state index in [9.17, 15) is 9.59 Å². The van der Waals surface area contributed by atoms with E-state index in [-0.39, 0.29) is 30.1 Å². The van der Waals surface area contributed by atoms with Gasteiger partial charge in [-0.2, -0.15) is 0 Å². The molecule has 0 saturated heterocycles. The maximum Gasteiger partial charge on any atom is 0.315 e.